The first-order valence-corrected chi connectivity index (χ1v) is 10.9. The van der Waals surface area contributed by atoms with E-state index in [1.165, 1.54) is 24.0 Å². The molecule has 148 valence electrons. The zero-order valence-corrected chi connectivity index (χ0v) is 17.4. The number of nitrogens with one attached hydrogen (secondary N) is 1. The van der Waals surface area contributed by atoms with Crippen LogP contribution in [0.2, 0.25) is 0 Å². The van der Waals surface area contributed by atoms with Crippen molar-refractivity contribution in [1.29, 1.82) is 0 Å². The third-order valence-electron chi connectivity index (χ3n) is 5.14. The molecule has 0 heterocycles. The quantitative estimate of drug-likeness (QED) is 0.539. The number of para-hydroxylation sites is 1. The molecule has 0 aromatic heterocycles. The largest absolute Gasteiger partial charge is 0.481 e. The molecule has 0 bridgehead atoms. The molecule has 3 aromatic carbocycles. The SMILES string of the molecule is C[C@@H](Oc1cccc2c1CCCC2)C(=O)Nc1ccccc1Sc1ccccc1. The molecule has 1 aliphatic rings. The molecule has 0 radical (unpaired) electrons. The zero-order valence-electron chi connectivity index (χ0n) is 16.6. The van der Waals surface area contributed by atoms with Crippen LogP contribution in [0.4, 0.5) is 5.69 Å². The minimum Gasteiger partial charge on any atom is -0.481 e. The van der Waals surface area contributed by atoms with Gasteiger partial charge in [-0.05, 0) is 74.1 Å². The molecule has 4 rings (SSSR count). The van der Waals surface area contributed by atoms with E-state index in [1.807, 2.05) is 61.5 Å². The Bertz CT molecular complexity index is 987. The second-order valence-corrected chi connectivity index (χ2v) is 8.38. The number of anilines is 1. The third kappa shape index (κ3) is 4.83. The highest BCUT2D eigenvalue weighted by atomic mass is 32.2. The molecule has 0 unspecified atom stereocenters. The number of fused-ring (bicyclic) bond motifs is 1. The minimum atomic E-state index is -0.571. The lowest BCUT2D eigenvalue weighted by atomic mass is 9.91. The third-order valence-corrected chi connectivity index (χ3v) is 6.23. The van der Waals surface area contributed by atoms with Crippen LogP contribution in [0.15, 0.2) is 82.6 Å². The number of rotatable bonds is 6. The fourth-order valence-corrected chi connectivity index (χ4v) is 4.53. The van der Waals surface area contributed by atoms with Crippen LogP contribution in [-0.2, 0) is 17.6 Å². The van der Waals surface area contributed by atoms with Crippen molar-refractivity contribution in [3.63, 3.8) is 0 Å². The number of carbonyl (C=O) groups excluding carboxylic acids is 1. The highest BCUT2D eigenvalue weighted by Crippen LogP contribution is 2.34. The van der Waals surface area contributed by atoms with Crippen molar-refractivity contribution in [2.75, 3.05) is 5.32 Å². The normalized spacial score (nSPS) is 14.0. The average Bonchev–Trinajstić information content (AvgIpc) is 2.76. The van der Waals surface area contributed by atoms with E-state index in [1.54, 1.807) is 11.8 Å². The van der Waals surface area contributed by atoms with Crippen molar-refractivity contribution in [3.05, 3.63) is 83.9 Å². The number of aryl methyl sites for hydroxylation is 1. The van der Waals surface area contributed by atoms with Crippen LogP contribution in [0.25, 0.3) is 0 Å². The number of benzene rings is 3. The van der Waals surface area contributed by atoms with Crippen molar-refractivity contribution >= 4 is 23.4 Å². The summed E-state index contributed by atoms with van der Waals surface area (Å²) >= 11 is 1.63. The van der Waals surface area contributed by atoms with E-state index < -0.39 is 6.10 Å². The molecule has 1 amide bonds. The maximum atomic E-state index is 12.8. The maximum Gasteiger partial charge on any atom is 0.265 e. The first kappa shape index (κ1) is 19.6. The first-order valence-electron chi connectivity index (χ1n) is 10.1. The van der Waals surface area contributed by atoms with Crippen molar-refractivity contribution in [3.8, 4) is 5.75 Å². The smallest absolute Gasteiger partial charge is 0.265 e. The molecule has 0 saturated carbocycles. The number of carbonyl (C=O) groups is 1. The highest BCUT2D eigenvalue weighted by Gasteiger charge is 2.20. The van der Waals surface area contributed by atoms with Crippen LogP contribution in [0.3, 0.4) is 0 Å². The molecular formula is C25H25NO2S. The standard InChI is InChI=1S/C25H25NO2S/c1-18(28-23-16-9-11-19-10-5-6-14-21(19)23)25(27)26-22-15-7-8-17-24(22)29-20-12-3-2-4-13-20/h2-4,7-9,11-13,15-18H,5-6,10,14H2,1H3,(H,26,27)/t18-/m1/s1. The molecule has 3 nitrogen and oxygen atoms in total. The second-order valence-electron chi connectivity index (χ2n) is 7.26. The van der Waals surface area contributed by atoms with E-state index >= 15 is 0 Å². The molecule has 0 spiro atoms. The van der Waals surface area contributed by atoms with Gasteiger partial charge in [0.05, 0.1) is 5.69 Å². The van der Waals surface area contributed by atoms with Gasteiger partial charge in [0, 0.05) is 9.79 Å². The fraction of sp³-hybridized carbons (Fsp3) is 0.240. The summed E-state index contributed by atoms with van der Waals surface area (Å²) in [7, 11) is 0. The van der Waals surface area contributed by atoms with Gasteiger partial charge in [0.1, 0.15) is 5.75 Å². The van der Waals surface area contributed by atoms with Gasteiger partial charge < -0.3 is 10.1 Å². The molecule has 4 heteroatoms. The van der Waals surface area contributed by atoms with Gasteiger partial charge in [-0.3, -0.25) is 4.79 Å². The van der Waals surface area contributed by atoms with Crippen LogP contribution in [0.1, 0.15) is 30.9 Å². The molecular weight excluding hydrogens is 378 g/mol. The van der Waals surface area contributed by atoms with E-state index in [-0.39, 0.29) is 5.91 Å². The number of ether oxygens (including phenoxy) is 1. The highest BCUT2D eigenvalue weighted by molar-refractivity contribution is 7.99. The lowest BCUT2D eigenvalue weighted by Crippen LogP contribution is -2.30. The van der Waals surface area contributed by atoms with E-state index in [4.69, 9.17) is 4.74 Å². The second kappa shape index (κ2) is 9.19. The summed E-state index contributed by atoms with van der Waals surface area (Å²) in [5.74, 6) is 0.705. The van der Waals surface area contributed by atoms with Gasteiger partial charge in [0.15, 0.2) is 6.10 Å². The lowest BCUT2D eigenvalue weighted by molar-refractivity contribution is -0.122. The van der Waals surface area contributed by atoms with Crippen LogP contribution in [0, 0.1) is 0 Å². The Morgan fingerprint density at radius 3 is 2.55 bits per heavy atom. The Balaban J connectivity index is 1.46. The van der Waals surface area contributed by atoms with E-state index in [9.17, 15) is 4.79 Å². The summed E-state index contributed by atoms with van der Waals surface area (Å²) in [6.45, 7) is 1.81. The molecule has 29 heavy (non-hydrogen) atoms. The monoisotopic (exact) mass is 403 g/mol. The van der Waals surface area contributed by atoms with Gasteiger partial charge >= 0.3 is 0 Å². The summed E-state index contributed by atoms with van der Waals surface area (Å²) in [6, 6.07) is 24.2. The predicted molar refractivity (Wildman–Crippen MR) is 119 cm³/mol. The molecule has 0 saturated heterocycles. The van der Waals surface area contributed by atoms with Crippen molar-refractivity contribution in [1.82, 2.24) is 0 Å². The molecule has 3 aromatic rings. The fourth-order valence-electron chi connectivity index (χ4n) is 3.61. The van der Waals surface area contributed by atoms with Crippen molar-refractivity contribution in [2.24, 2.45) is 0 Å². The average molecular weight is 404 g/mol. The molecule has 0 fully saturated rings. The maximum absolute atomic E-state index is 12.8. The van der Waals surface area contributed by atoms with E-state index in [0.29, 0.717) is 0 Å². The number of hydrogen-bond acceptors (Lipinski definition) is 3. The Morgan fingerprint density at radius 1 is 0.931 bits per heavy atom. The Kier molecular flexibility index (Phi) is 6.20. The van der Waals surface area contributed by atoms with Crippen LogP contribution < -0.4 is 10.1 Å². The zero-order chi connectivity index (χ0) is 20.1. The summed E-state index contributed by atoms with van der Waals surface area (Å²) in [4.78, 5) is 15.0. The predicted octanol–water partition coefficient (Wildman–Crippen LogP) is 6.12. The summed E-state index contributed by atoms with van der Waals surface area (Å²) in [5.41, 5.74) is 3.42. The van der Waals surface area contributed by atoms with E-state index in [2.05, 4.69) is 23.5 Å². The van der Waals surface area contributed by atoms with Gasteiger partial charge in [-0.15, -0.1) is 0 Å². The molecule has 1 aliphatic carbocycles. The first-order chi connectivity index (χ1) is 14.2. The Labute approximate surface area is 176 Å². The number of amides is 1. The van der Waals surface area contributed by atoms with Gasteiger partial charge in [-0.1, -0.05) is 54.2 Å². The van der Waals surface area contributed by atoms with Crippen LogP contribution in [-0.4, -0.2) is 12.0 Å². The van der Waals surface area contributed by atoms with Gasteiger partial charge in [-0.2, -0.15) is 0 Å². The lowest BCUT2D eigenvalue weighted by Gasteiger charge is -2.22. The number of hydrogen-bond donors (Lipinski definition) is 1. The van der Waals surface area contributed by atoms with Crippen molar-refractivity contribution in [2.45, 2.75) is 48.5 Å². The minimum absolute atomic E-state index is 0.139. The van der Waals surface area contributed by atoms with Crippen molar-refractivity contribution < 1.29 is 9.53 Å². The Hall–Kier alpha value is -2.72. The van der Waals surface area contributed by atoms with E-state index in [0.717, 1.165) is 34.1 Å². The summed E-state index contributed by atoms with van der Waals surface area (Å²) in [5, 5.41) is 3.05. The topological polar surface area (TPSA) is 38.3 Å². The van der Waals surface area contributed by atoms with Crippen LogP contribution >= 0.6 is 11.8 Å². The summed E-state index contributed by atoms with van der Waals surface area (Å²) < 4.78 is 6.09. The summed E-state index contributed by atoms with van der Waals surface area (Å²) in [6.07, 6.45) is 3.95. The van der Waals surface area contributed by atoms with Gasteiger partial charge in [0.2, 0.25) is 0 Å². The molecule has 1 atom stereocenters. The molecule has 0 aliphatic heterocycles. The van der Waals surface area contributed by atoms with Gasteiger partial charge in [0.25, 0.3) is 5.91 Å². The Morgan fingerprint density at radius 2 is 1.69 bits per heavy atom. The van der Waals surface area contributed by atoms with Gasteiger partial charge in [-0.25, -0.2) is 0 Å². The van der Waals surface area contributed by atoms with Crippen LogP contribution in [0.5, 0.6) is 5.75 Å². The molecule has 1 N–H and O–H groups in total.